The minimum Gasteiger partial charge on any atom is -0.495 e. The lowest BCUT2D eigenvalue weighted by Gasteiger charge is -2.23. The van der Waals surface area contributed by atoms with E-state index in [1.54, 1.807) is 13.8 Å². The molecule has 0 spiro atoms. The molecule has 0 unspecified atom stereocenters. The molecule has 0 saturated heterocycles. The highest BCUT2D eigenvalue weighted by Gasteiger charge is 2.29. The quantitative estimate of drug-likeness (QED) is 0.841. The van der Waals surface area contributed by atoms with Crippen LogP contribution in [-0.2, 0) is 10.0 Å². The molecule has 1 N–H and O–H groups in total. The minimum atomic E-state index is -3.96. The zero-order valence-electron chi connectivity index (χ0n) is 11.0. The van der Waals surface area contributed by atoms with E-state index in [9.17, 15) is 12.8 Å². The normalized spacial score (nSPS) is 14.5. The van der Waals surface area contributed by atoms with E-state index >= 15 is 0 Å². The van der Waals surface area contributed by atoms with Gasteiger partial charge in [-0.05, 0) is 31.5 Å². The van der Waals surface area contributed by atoms with Gasteiger partial charge >= 0.3 is 0 Å². The van der Waals surface area contributed by atoms with Crippen LogP contribution < -0.4 is 9.46 Å². The van der Waals surface area contributed by atoms with Crippen molar-refractivity contribution in [2.24, 2.45) is 0 Å². The molecule has 0 fully saturated rings. The number of ether oxygens (including phenoxy) is 1. The van der Waals surface area contributed by atoms with Crippen molar-refractivity contribution in [3.05, 3.63) is 24.0 Å². The molecule has 0 aromatic heterocycles. The summed E-state index contributed by atoms with van der Waals surface area (Å²) >= 11 is 0. The summed E-state index contributed by atoms with van der Waals surface area (Å²) in [5.41, 5.74) is -1.03. The lowest BCUT2D eigenvalue weighted by Crippen LogP contribution is -2.44. The predicted octanol–water partition coefficient (Wildman–Crippen LogP) is 1.91. The van der Waals surface area contributed by atoms with Gasteiger partial charge in [0.1, 0.15) is 16.5 Å². The van der Waals surface area contributed by atoms with E-state index in [0.29, 0.717) is 6.42 Å². The fourth-order valence-electron chi connectivity index (χ4n) is 1.42. The first-order valence-corrected chi connectivity index (χ1v) is 7.11. The summed E-state index contributed by atoms with van der Waals surface area (Å²) in [5, 5.41) is 0. The summed E-state index contributed by atoms with van der Waals surface area (Å²) in [7, 11) is -2.65. The molecule has 0 aliphatic carbocycles. The second-order valence-electron chi connectivity index (χ2n) is 4.23. The number of hydrogen-bond acceptors (Lipinski definition) is 3. The summed E-state index contributed by atoms with van der Waals surface area (Å²) in [5.74, 6) is 1.77. The van der Waals surface area contributed by atoms with E-state index < -0.39 is 21.4 Å². The monoisotopic (exact) mass is 285 g/mol. The third-order valence-corrected chi connectivity index (χ3v) is 4.42. The highest BCUT2D eigenvalue weighted by Crippen LogP contribution is 2.25. The Labute approximate surface area is 113 Å². The summed E-state index contributed by atoms with van der Waals surface area (Å²) in [6.07, 6.45) is 5.72. The number of hydrogen-bond donors (Lipinski definition) is 1. The summed E-state index contributed by atoms with van der Waals surface area (Å²) in [4.78, 5) is -0.273. The van der Waals surface area contributed by atoms with Crippen LogP contribution in [0.1, 0.15) is 20.3 Å². The van der Waals surface area contributed by atoms with Crippen molar-refractivity contribution in [3.63, 3.8) is 0 Å². The van der Waals surface area contributed by atoms with Crippen molar-refractivity contribution >= 4 is 10.0 Å². The Hall–Kier alpha value is -1.58. The largest absolute Gasteiger partial charge is 0.495 e. The average molecular weight is 285 g/mol. The lowest BCUT2D eigenvalue weighted by atomic mass is 10.0. The van der Waals surface area contributed by atoms with E-state index in [0.717, 1.165) is 12.1 Å². The van der Waals surface area contributed by atoms with Crippen LogP contribution in [0.3, 0.4) is 0 Å². The van der Waals surface area contributed by atoms with Crippen LogP contribution in [0.2, 0.25) is 0 Å². The van der Waals surface area contributed by atoms with Crippen molar-refractivity contribution in [3.8, 4) is 18.1 Å². The maximum atomic E-state index is 13.2. The van der Waals surface area contributed by atoms with Gasteiger partial charge in [0.2, 0.25) is 10.0 Å². The van der Waals surface area contributed by atoms with Crippen LogP contribution in [-0.4, -0.2) is 21.1 Å². The minimum absolute atomic E-state index is 0.0596. The van der Waals surface area contributed by atoms with Crippen LogP contribution >= 0.6 is 0 Å². The SMILES string of the molecule is C#C[C@@](C)(CC)NS(=O)(=O)c1cc(F)ccc1OC. The Kier molecular flexibility index (Phi) is 4.56. The molecule has 0 amide bonds. The second kappa shape index (κ2) is 5.59. The van der Waals surface area contributed by atoms with Gasteiger partial charge in [0, 0.05) is 0 Å². The van der Waals surface area contributed by atoms with Crippen molar-refractivity contribution in [2.45, 2.75) is 30.7 Å². The van der Waals surface area contributed by atoms with E-state index in [4.69, 9.17) is 11.2 Å². The molecule has 0 bridgehead atoms. The third kappa shape index (κ3) is 3.46. The first-order valence-electron chi connectivity index (χ1n) is 5.63. The smallest absolute Gasteiger partial charge is 0.245 e. The molecule has 1 aromatic carbocycles. The standard InChI is InChI=1S/C13H16FNO3S/c1-5-13(3,6-2)15-19(16,17)12-9-10(14)7-8-11(12)18-4/h1,7-9,15H,6H2,2-4H3/t13-/m0/s1. The third-order valence-electron chi connectivity index (χ3n) is 2.80. The number of nitrogens with one attached hydrogen (secondary N) is 1. The molecule has 104 valence electrons. The van der Waals surface area contributed by atoms with Crippen LogP contribution in [0.4, 0.5) is 4.39 Å². The highest BCUT2D eigenvalue weighted by atomic mass is 32.2. The van der Waals surface area contributed by atoms with Gasteiger partial charge in [-0.1, -0.05) is 12.8 Å². The van der Waals surface area contributed by atoms with Crippen LogP contribution in [0.5, 0.6) is 5.75 Å². The van der Waals surface area contributed by atoms with Crippen LogP contribution in [0.15, 0.2) is 23.1 Å². The summed E-state index contributed by atoms with van der Waals surface area (Å²) in [6, 6.07) is 3.27. The van der Waals surface area contributed by atoms with Crippen LogP contribution in [0.25, 0.3) is 0 Å². The number of benzene rings is 1. The first kappa shape index (κ1) is 15.5. The number of terminal acetylenes is 1. The molecule has 19 heavy (non-hydrogen) atoms. The Bertz CT molecular complexity index is 607. The van der Waals surface area contributed by atoms with Crippen molar-refractivity contribution < 1.29 is 17.5 Å². The van der Waals surface area contributed by atoms with Crippen molar-refractivity contribution in [2.75, 3.05) is 7.11 Å². The molecule has 1 rings (SSSR count). The molecule has 1 atom stereocenters. The fraction of sp³-hybridized carbons (Fsp3) is 0.385. The maximum Gasteiger partial charge on any atom is 0.245 e. The highest BCUT2D eigenvalue weighted by molar-refractivity contribution is 7.89. The summed E-state index contributed by atoms with van der Waals surface area (Å²) in [6.45, 7) is 3.33. The maximum absolute atomic E-state index is 13.2. The van der Waals surface area contributed by atoms with Crippen molar-refractivity contribution in [1.29, 1.82) is 0 Å². The summed E-state index contributed by atoms with van der Waals surface area (Å²) < 4.78 is 45.0. The number of methoxy groups -OCH3 is 1. The van der Waals surface area contributed by atoms with Gasteiger partial charge in [0.25, 0.3) is 0 Å². The predicted molar refractivity (Wildman–Crippen MR) is 70.8 cm³/mol. The van der Waals surface area contributed by atoms with E-state index in [-0.39, 0.29) is 10.6 Å². The Morgan fingerprint density at radius 3 is 2.63 bits per heavy atom. The van der Waals surface area contributed by atoms with E-state index in [1.165, 1.54) is 13.2 Å². The Morgan fingerprint density at radius 1 is 1.53 bits per heavy atom. The Balaban J connectivity index is 3.29. The number of sulfonamides is 1. The molecule has 0 heterocycles. The van der Waals surface area contributed by atoms with Crippen molar-refractivity contribution in [1.82, 2.24) is 4.72 Å². The topological polar surface area (TPSA) is 55.4 Å². The fourth-order valence-corrected chi connectivity index (χ4v) is 3.01. The van der Waals surface area contributed by atoms with Gasteiger partial charge in [-0.2, -0.15) is 4.72 Å². The lowest BCUT2D eigenvalue weighted by molar-refractivity contribution is 0.399. The van der Waals surface area contributed by atoms with Gasteiger partial charge in [-0.25, -0.2) is 12.8 Å². The number of rotatable bonds is 5. The van der Waals surface area contributed by atoms with Gasteiger partial charge in [-0.3, -0.25) is 0 Å². The van der Waals surface area contributed by atoms with E-state index in [1.807, 2.05) is 0 Å². The molecular formula is C13H16FNO3S. The van der Waals surface area contributed by atoms with Gasteiger partial charge in [0.15, 0.2) is 0 Å². The zero-order valence-corrected chi connectivity index (χ0v) is 11.8. The average Bonchev–Trinajstić information content (AvgIpc) is 2.38. The van der Waals surface area contributed by atoms with Crippen LogP contribution in [0, 0.1) is 18.2 Å². The molecule has 0 aliphatic rings. The molecule has 0 saturated carbocycles. The number of halogens is 1. The molecule has 0 radical (unpaired) electrons. The molecule has 0 aliphatic heterocycles. The second-order valence-corrected chi connectivity index (χ2v) is 5.88. The van der Waals surface area contributed by atoms with Gasteiger partial charge in [-0.15, -0.1) is 6.42 Å². The molecule has 1 aromatic rings. The Morgan fingerprint density at radius 2 is 2.16 bits per heavy atom. The molecule has 4 nitrogen and oxygen atoms in total. The molecule has 6 heteroatoms. The van der Waals surface area contributed by atoms with Gasteiger partial charge in [0.05, 0.1) is 12.6 Å². The van der Waals surface area contributed by atoms with E-state index in [2.05, 4.69) is 10.6 Å². The van der Waals surface area contributed by atoms with Gasteiger partial charge < -0.3 is 4.74 Å². The first-order chi connectivity index (χ1) is 8.78. The zero-order chi connectivity index (χ0) is 14.7. The molecular weight excluding hydrogens is 269 g/mol.